The van der Waals surface area contributed by atoms with Crippen molar-refractivity contribution in [1.82, 2.24) is 9.78 Å². The molecule has 1 heterocycles. The Bertz CT molecular complexity index is 630. The summed E-state index contributed by atoms with van der Waals surface area (Å²) in [5, 5.41) is 4.55. The molecule has 5 heteroatoms. The average Bonchev–Trinajstić information content (AvgIpc) is 2.90. The van der Waals surface area contributed by atoms with Gasteiger partial charge in [0.15, 0.2) is 0 Å². The highest BCUT2D eigenvalue weighted by atomic mass is 16.5. The lowest BCUT2D eigenvalue weighted by molar-refractivity contribution is 0.0525. The van der Waals surface area contributed by atoms with Crippen LogP contribution < -0.4 is 4.74 Å². The van der Waals surface area contributed by atoms with E-state index in [1.807, 2.05) is 24.3 Å². The summed E-state index contributed by atoms with van der Waals surface area (Å²) in [6, 6.07) is 7.53. The predicted molar refractivity (Wildman–Crippen MR) is 84.6 cm³/mol. The van der Waals surface area contributed by atoms with Crippen molar-refractivity contribution in [3.63, 3.8) is 0 Å². The first kappa shape index (κ1) is 16.1. The van der Waals surface area contributed by atoms with Gasteiger partial charge in [-0.3, -0.25) is 0 Å². The van der Waals surface area contributed by atoms with E-state index in [9.17, 15) is 4.79 Å². The maximum absolute atomic E-state index is 12.1. The van der Waals surface area contributed by atoms with Crippen LogP contribution in [0, 0.1) is 5.92 Å². The molecular weight excluding hydrogens is 280 g/mol. The van der Waals surface area contributed by atoms with Gasteiger partial charge in [0.25, 0.3) is 0 Å². The lowest BCUT2D eigenvalue weighted by Crippen LogP contribution is -2.08. The molecule has 1 aromatic heterocycles. The van der Waals surface area contributed by atoms with Crippen LogP contribution in [0.15, 0.2) is 30.5 Å². The zero-order valence-corrected chi connectivity index (χ0v) is 13.5. The third kappa shape index (κ3) is 3.67. The average molecular weight is 302 g/mol. The van der Waals surface area contributed by atoms with Crippen molar-refractivity contribution in [3.8, 4) is 11.4 Å². The van der Waals surface area contributed by atoms with Crippen molar-refractivity contribution in [3.05, 3.63) is 41.7 Å². The second-order valence-corrected chi connectivity index (χ2v) is 5.45. The van der Waals surface area contributed by atoms with Crippen molar-refractivity contribution >= 4 is 5.97 Å². The summed E-state index contributed by atoms with van der Waals surface area (Å²) in [5.74, 6) is 0.870. The summed E-state index contributed by atoms with van der Waals surface area (Å²) in [6.45, 7) is 6.35. The number of aromatic nitrogens is 2. The van der Waals surface area contributed by atoms with E-state index in [4.69, 9.17) is 9.47 Å². The Morgan fingerprint density at radius 3 is 2.50 bits per heavy atom. The molecule has 0 spiro atoms. The molecule has 0 aliphatic heterocycles. The van der Waals surface area contributed by atoms with E-state index in [1.165, 1.54) is 0 Å². The van der Waals surface area contributed by atoms with Gasteiger partial charge in [0.2, 0.25) is 0 Å². The van der Waals surface area contributed by atoms with Crippen molar-refractivity contribution in [2.24, 2.45) is 5.92 Å². The number of carbonyl (C=O) groups excluding carboxylic acids is 1. The van der Waals surface area contributed by atoms with Gasteiger partial charge in [0, 0.05) is 6.20 Å². The molecule has 118 valence electrons. The molecule has 2 aromatic rings. The number of hydrogen-bond acceptors (Lipinski definition) is 4. The third-order valence-electron chi connectivity index (χ3n) is 3.22. The lowest BCUT2D eigenvalue weighted by Gasteiger charge is -2.04. The monoisotopic (exact) mass is 302 g/mol. The fourth-order valence-electron chi connectivity index (χ4n) is 2.19. The number of esters is 1. The number of rotatable bonds is 6. The molecule has 0 bridgehead atoms. The van der Waals surface area contributed by atoms with Gasteiger partial charge in [0.1, 0.15) is 11.3 Å². The quantitative estimate of drug-likeness (QED) is 0.769. The standard InChI is InChI=1S/C17H22N2O3/c1-5-22-17(20)15-11-19(18-16(15)10-12(2)3)13-6-8-14(21-4)9-7-13/h6-9,11-12H,5,10H2,1-4H3. The van der Waals surface area contributed by atoms with Crippen LogP contribution in [0.1, 0.15) is 36.8 Å². The lowest BCUT2D eigenvalue weighted by atomic mass is 10.1. The molecule has 0 saturated carbocycles. The molecule has 5 nitrogen and oxygen atoms in total. The normalized spacial score (nSPS) is 10.8. The Morgan fingerprint density at radius 1 is 1.27 bits per heavy atom. The minimum absolute atomic E-state index is 0.321. The molecule has 0 N–H and O–H groups in total. The highest BCUT2D eigenvalue weighted by Crippen LogP contribution is 2.19. The molecule has 1 aromatic carbocycles. The second kappa shape index (κ2) is 7.11. The zero-order chi connectivity index (χ0) is 16.1. The Labute approximate surface area is 130 Å². The van der Waals surface area contributed by atoms with E-state index < -0.39 is 0 Å². The zero-order valence-electron chi connectivity index (χ0n) is 13.5. The highest BCUT2D eigenvalue weighted by Gasteiger charge is 2.18. The maximum Gasteiger partial charge on any atom is 0.341 e. The molecule has 0 saturated heterocycles. The van der Waals surface area contributed by atoms with E-state index in [1.54, 1.807) is 24.9 Å². The number of carbonyl (C=O) groups is 1. The Balaban J connectivity index is 2.37. The van der Waals surface area contributed by atoms with Crippen molar-refractivity contribution < 1.29 is 14.3 Å². The van der Waals surface area contributed by atoms with Gasteiger partial charge in [-0.2, -0.15) is 5.10 Å². The van der Waals surface area contributed by atoms with Gasteiger partial charge < -0.3 is 9.47 Å². The van der Waals surface area contributed by atoms with Gasteiger partial charge >= 0.3 is 5.97 Å². The molecule has 0 aliphatic rings. The van der Waals surface area contributed by atoms with Crippen LogP contribution in [0.5, 0.6) is 5.75 Å². The van der Waals surface area contributed by atoms with Gasteiger partial charge in [-0.1, -0.05) is 13.8 Å². The van der Waals surface area contributed by atoms with Crippen LogP contribution in [0.2, 0.25) is 0 Å². The first-order valence-electron chi connectivity index (χ1n) is 7.45. The van der Waals surface area contributed by atoms with Crippen LogP contribution in [-0.4, -0.2) is 29.5 Å². The first-order valence-corrected chi connectivity index (χ1v) is 7.45. The molecular formula is C17H22N2O3. The molecule has 0 atom stereocenters. The molecule has 0 aliphatic carbocycles. The van der Waals surface area contributed by atoms with Crippen LogP contribution in [0.3, 0.4) is 0 Å². The van der Waals surface area contributed by atoms with Crippen LogP contribution in [0.25, 0.3) is 5.69 Å². The summed E-state index contributed by atoms with van der Waals surface area (Å²) in [6.07, 6.45) is 2.47. The van der Waals surface area contributed by atoms with Gasteiger partial charge in [-0.25, -0.2) is 9.48 Å². The maximum atomic E-state index is 12.1. The Hall–Kier alpha value is -2.30. The largest absolute Gasteiger partial charge is 0.497 e. The number of nitrogens with zero attached hydrogens (tertiary/aromatic N) is 2. The second-order valence-electron chi connectivity index (χ2n) is 5.45. The Morgan fingerprint density at radius 2 is 1.95 bits per heavy atom. The van der Waals surface area contributed by atoms with E-state index in [0.717, 1.165) is 23.6 Å². The number of hydrogen-bond donors (Lipinski definition) is 0. The number of benzene rings is 1. The predicted octanol–water partition coefficient (Wildman–Crippen LogP) is 3.26. The van der Waals surface area contributed by atoms with Gasteiger partial charge in [0.05, 0.1) is 25.1 Å². The van der Waals surface area contributed by atoms with Crippen molar-refractivity contribution in [2.75, 3.05) is 13.7 Å². The van der Waals surface area contributed by atoms with Crippen molar-refractivity contribution in [1.29, 1.82) is 0 Å². The summed E-state index contributed by atoms with van der Waals surface area (Å²) in [7, 11) is 1.63. The Kier molecular flexibility index (Phi) is 5.20. The molecule has 0 unspecified atom stereocenters. The van der Waals surface area contributed by atoms with Gasteiger partial charge in [-0.05, 0) is 43.5 Å². The summed E-state index contributed by atoms with van der Waals surface area (Å²) >= 11 is 0. The van der Waals surface area contributed by atoms with Crippen LogP contribution >= 0.6 is 0 Å². The van der Waals surface area contributed by atoms with Crippen LogP contribution in [-0.2, 0) is 11.2 Å². The highest BCUT2D eigenvalue weighted by molar-refractivity contribution is 5.90. The summed E-state index contributed by atoms with van der Waals surface area (Å²) in [5.41, 5.74) is 2.18. The summed E-state index contributed by atoms with van der Waals surface area (Å²) in [4.78, 5) is 12.1. The van der Waals surface area contributed by atoms with E-state index in [-0.39, 0.29) is 5.97 Å². The topological polar surface area (TPSA) is 53.4 Å². The molecule has 22 heavy (non-hydrogen) atoms. The minimum Gasteiger partial charge on any atom is -0.497 e. The first-order chi connectivity index (χ1) is 10.5. The van der Waals surface area contributed by atoms with Crippen molar-refractivity contribution in [2.45, 2.75) is 27.2 Å². The minimum atomic E-state index is -0.321. The summed E-state index contributed by atoms with van der Waals surface area (Å²) < 4.78 is 12.0. The SMILES string of the molecule is CCOC(=O)c1cn(-c2ccc(OC)cc2)nc1CC(C)C. The van der Waals surface area contributed by atoms with Gasteiger partial charge in [-0.15, -0.1) is 0 Å². The van der Waals surface area contributed by atoms with Crippen LogP contribution in [0.4, 0.5) is 0 Å². The van der Waals surface area contributed by atoms with E-state index in [2.05, 4.69) is 18.9 Å². The molecule has 0 radical (unpaired) electrons. The van der Waals surface area contributed by atoms with E-state index >= 15 is 0 Å². The third-order valence-corrected chi connectivity index (χ3v) is 3.22. The number of methoxy groups -OCH3 is 1. The fourth-order valence-corrected chi connectivity index (χ4v) is 2.19. The molecule has 0 fully saturated rings. The molecule has 0 amide bonds. The smallest absolute Gasteiger partial charge is 0.341 e. The van der Waals surface area contributed by atoms with E-state index in [0.29, 0.717) is 18.1 Å². The number of ether oxygens (including phenoxy) is 2. The fraction of sp³-hybridized carbons (Fsp3) is 0.412. The molecule has 2 rings (SSSR count).